The van der Waals surface area contributed by atoms with Gasteiger partial charge in [0.25, 0.3) is 0 Å². The number of carbonyl (C=O) groups is 1. The molecular formula is C12H9F3LiNO2. The number of fused-ring (bicyclic) bond motifs is 1. The van der Waals surface area contributed by atoms with Gasteiger partial charge in [0.2, 0.25) is 0 Å². The van der Waals surface area contributed by atoms with E-state index in [-0.39, 0.29) is 24.4 Å². The summed E-state index contributed by atoms with van der Waals surface area (Å²) in [5.74, 6) is -3.78. The predicted molar refractivity (Wildman–Crippen MR) is 56.7 cm³/mol. The quantitative estimate of drug-likeness (QED) is 0.719. The van der Waals surface area contributed by atoms with E-state index in [1.165, 1.54) is 12.3 Å². The van der Waals surface area contributed by atoms with Crippen LogP contribution in [-0.4, -0.2) is 17.1 Å². The van der Waals surface area contributed by atoms with Crippen molar-refractivity contribution in [2.24, 2.45) is 0 Å². The van der Waals surface area contributed by atoms with Crippen LogP contribution in [0.3, 0.4) is 0 Å². The molecule has 1 heterocycles. The molecule has 2 rings (SSSR count). The van der Waals surface area contributed by atoms with E-state index in [0.29, 0.717) is 10.9 Å². The summed E-state index contributed by atoms with van der Waals surface area (Å²) in [4.78, 5) is 13.2. The molecule has 0 bridgehead atoms. The van der Waals surface area contributed by atoms with Crippen LogP contribution in [-0.2, 0) is 4.79 Å². The van der Waals surface area contributed by atoms with E-state index in [9.17, 15) is 23.1 Å². The van der Waals surface area contributed by atoms with Gasteiger partial charge in [0.1, 0.15) is 0 Å². The van der Waals surface area contributed by atoms with E-state index >= 15 is 0 Å². The minimum Gasteiger partial charge on any atom is -0.550 e. The number of aliphatic carboxylic acids is 1. The van der Waals surface area contributed by atoms with Gasteiger partial charge in [-0.3, -0.25) is 0 Å². The standard InChI is InChI=1S/C12H10F3NO2.Li/c13-12(14,15)9(5-11(17)18)8-6-16-10-4-2-1-3-7(8)10;/h1-4,6,9,16H,5H2,(H,17,18);/q;+1/p-1. The van der Waals surface area contributed by atoms with Gasteiger partial charge in [0.15, 0.2) is 0 Å². The number of carbonyl (C=O) groups excluding carboxylic acids is 1. The van der Waals surface area contributed by atoms with E-state index in [1.54, 1.807) is 18.2 Å². The molecule has 1 unspecified atom stereocenters. The van der Waals surface area contributed by atoms with Crippen LogP contribution in [0, 0.1) is 0 Å². The summed E-state index contributed by atoms with van der Waals surface area (Å²) in [6.45, 7) is 0. The SMILES string of the molecule is O=C([O-])CC(c1c[nH]c2ccccc12)C(F)(F)F.[Li+]. The van der Waals surface area contributed by atoms with Crippen LogP contribution in [0.2, 0.25) is 0 Å². The van der Waals surface area contributed by atoms with Gasteiger partial charge in [0, 0.05) is 29.5 Å². The first-order valence-corrected chi connectivity index (χ1v) is 5.22. The third-order valence-electron chi connectivity index (χ3n) is 2.76. The monoisotopic (exact) mass is 263 g/mol. The van der Waals surface area contributed by atoms with E-state index in [1.807, 2.05) is 0 Å². The number of hydrogen-bond donors (Lipinski definition) is 1. The second-order valence-electron chi connectivity index (χ2n) is 3.96. The van der Waals surface area contributed by atoms with E-state index in [4.69, 9.17) is 0 Å². The molecule has 7 heteroatoms. The van der Waals surface area contributed by atoms with E-state index < -0.39 is 24.5 Å². The van der Waals surface area contributed by atoms with Crippen LogP contribution in [0.15, 0.2) is 30.5 Å². The normalized spacial score (nSPS) is 13.0. The number of carboxylic acid groups (broad SMARTS) is 1. The summed E-state index contributed by atoms with van der Waals surface area (Å²) in [5, 5.41) is 10.8. The molecule has 1 aromatic heterocycles. The third-order valence-corrected chi connectivity index (χ3v) is 2.76. The van der Waals surface area contributed by atoms with Gasteiger partial charge in [-0.1, -0.05) is 18.2 Å². The summed E-state index contributed by atoms with van der Waals surface area (Å²) < 4.78 is 38.6. The zero-order chi connectivity index (χ0) is 13.3. The summed E-state index contributed by atoms with van der Waals surface area (Å²) in [5.41, 5.74) is 0.474. The summed E-state index contributed by atoms with van der Waals surface area (Å²) in [6.07, 6.45) is -4.50. The number of aromatic nitrogens is 1. The molecule has 0 aliphatic heterocycles. The van der Waals surface area contributed by atoms with Gasteiger partial charge in [-0.15, -0.1) is 0 Å². The third kappa shape index (κ3) is 3.34. The molecule has 2 aromatic rings. The first kappa shape index (κ1) is 15.7. The number of halogens is 3. The Morgan fingerprint density at radius 3 is 2.53 bits per heavy atom. The number of rotatable bonds is 3. The van der Waals surface area contributed by atoms with E-state index in [0.717, 1.165) is 0 Å². The van der Waals surface area contributed by atoms with Crippen molar-refractivity contribution in [1.29, 1.82) is 0 Å². The first-order valence-electron chi connectivity index (χ1n) is 5.22. The maximum absolute atomic E-state index is 12.9. The fraction of sp³-hybridized carbons (Fsp3) is 0.250. The molecule has 0 aliphatic carbocycles. The van der Waals surface area contributed by atoms with Gasteiger partial charge in [-0.05, 0) is 11.6 Å². The number of nitrogens with one attached hydrogen (secondary N) is 1. The topological polar surface area (TPSA) is 55.9 Å². The number of alkyl halides is 3. The summed E-state index contributed by atoms with van der Waals surface area (Å²) in [6, 6.07) is 6.44. The average Bonchev–Trinajstić information content (AvgIpc) is 2.67. The number of H-pyrrole nitrogens is 1. The molecule has 0 aliphatic rings. The zero-order valence-corrected chi connectivity index (χ0v) is 10.1. The Bertz CT molecular complexity index is 580. The number of carboxylic acids is 1. The largest absolute Gasteiger partial charge is 1.00 e. The molecule has 19 heavy (non-hydrogen) atoms. The van der Waals surface area contributed by atoms with Crippen LogP contribution >= 0.6 is 0 Å². The summed E-state index contributed by atoms with van der Waals surface area (Å²) in [7, 11) is 0. The van der Waals surface area contributed by atoms with Crippen molar-refractivity contribution in [1.82, 2.24) is 4.98 Å². The van der Waals surface area contributed by atoms with Crippen molar-refractivity contribution in [3.63, 3.8) is 0 Å². The number of benzene rings is 1. The van der Waals surface area contributed by atoms with Gasteiger partial charge >= 0.3 is 25.0 Å². The Morgan fingerprint density at radius 2 is 1.95 bits per heavy atom. The number of hydrogen-bond acceptors (Lipinski definition) is 2. The molecule has 0 amide bonds. The number of para-hydroxylation sites is 1. The molecular weight excluding hydrogens is 254 g/mol. The van der Waals surface area contributed by atoms with Crippen molar-refractivity contribution in [3.8, 4) is 0 Å². The molecule has 96 valence electrons. The summed E-state index contributed by atoms with van der Waals surface area (Å²) >= 11 is 0. The zero-order valence-electron chi connectivity index (χ0n) is 10.1. The van der Waals surface area contributed by atoms with Crippen LogP contribution < -0.4 is 24.0 Å². The number of aromatic amines is 1. The van der Waals surface area contributed by atoms with Gasteiger partial charge in [-0.25, -0.2) is 0 Å². The molecule has 0 saturated heterocycles. The van der Waals surface area contributed by atoms with Gasteiger partial charge < -0.3 is 14.9 Å². The second kappa shape index (κ2) is 5.72. The van der Waals surface area contributed by atoms with E-state index in [2.05, 4.69) is 4.98 Å². The second-order valence-corrected chi connectivity index (χ2v) is 3.96. The smallest absolute Gasteiger partial charge is 0.550 e. The molecule has 1 atom stereocenters. The Balaban J connectivity index is 0.00000180. The molecule has 1 aromatic carbocycles. The molecule has 0 saturated carbocycles. The maximum Gasteiger partial charge on any atom is 1.00 e. The Labute approximate surface area is 119 Å². The van der Waals surface area contributed by atoms with Crippen molar-refractivity contribution >= 4 is 16.9 Å². The molecule has 3 nitrogen and oxygen atoms in total. The van der Waals surface area contributed by atoms with Gasteiger partial charge in [0.05, 0.1) is 5.92 Å². The van der Waals surface area contributed by atoms with Crippen LogP contribution in [0.1, 0.15) is 17.9 Å². The fourth-order valence-electron chi connectivity index (χ4n) is 1.95. The van der Waals surface area contributed by atoms with Gasteiger partial charge in [-0.2, -0.15) is 13.2 Å². The van der Waals surface area contributed by atoms with Crippen molar-refractivity contribution in [3.05, 3.63) is 36.0 Å². The van der Waals surface area contributed by atoms with Crippen molar-refractivity contribution < 1.29 is 41.9 Å². The van der Waals surface area contributed by atoms with Crippen LogP contribution in [0.5, 0.6) is 0 Å². The Morgan fingerprint density at radius 1 is 1.32 bits per heavy atom. The van der Waals surface area contributed by atoms with Crippen LogP contribution in [0.4, 0.5) is 13.2 Å². The van der Waals surface area contributed by atoms with Crippen LogP contribution in [0.25, 0.3) is 10.9 Å². The van der Waals surface area contributed by atoms with Crippen molar-refractivity contribution in [2.75, 3.05) is 0 Å². The molecule has 0 spiro atoms. The fourth-order valence-corrected chi connectivity index (χ4v) is 1.95. The predicted octanol–water partition coefficient (Wildman–Crippen LogP) is -1.04. The average molecular weight is 263 g/mol. The Kier molecular flexibility index (Phi) is 4.72. The van der Waals surface area contributed by atoms with Crippen molar-refractivity contribution in [2.45, 2.75) is 18.5 Å². The minimum atomic E-state index is -4.62. The minimum absolute atomic E-state index is 0. The first-order chi connectivity index (χ1) is 8.39. The molecule has 0 fully saturated rings. The maximum atomic E-state index is 12.9. The molecule has 1 N–H and O–H groups in total. The molecule has 0 radical (unpaired) electrons. The Hall–Kier alpha value is -1.38.